The van der Waals surface area contributed by atoms with Crippen LogP contribution in [0.4, 0.5) is 0 Å². The number of aliphatic hydroxyl groups excluding tert-OH is 15. The molecule has 19 N–H and O–H groups in total. The number of aliphatic hydroxyl groups is 17. The van der Waals surface area contributed by atoms with E-state index >= 15 is 0 Å². The van der Waals surface area contributed by atoms with Crippen LogP contribution in [0.25, 0.3) is 0 Å². The number of hydrogen-bond acceptors (Lipinski definition) is 28. The number of cyclic esters (lactones) is 1. The molecule has 0 aromatic carbocycles. The standard InChI is InChI=1S/C66H107N3O26/c1-37-20-16-13-11-9-7-5-6-8-10-12-14-17-21-44(92-63-57(82)53(55(80)40(4)91-63)68-36-66(88)61(85)60(48(77)35-89-66)94-64-59(84)58(83)56(81)50(34-70)93-64)31-49-52(62(86)67-24-27-69-25-18-15-19-26-69)47(76)33-65(87,95-49)32-43(73)29-46(75)45(74)23-22-41(71)28-42(72)30-51(78)90-39(3)38(2)54(37)79/h5-14,16-17,20-21,37-50,52-61,63-64,68,70-77,79-85,87-88H,15,18-19,22-36H2,1-4H3,(H,67,86)/t37-,38-,39-,40+,41+,42+,43-,44-,45+,46+,47-,48+,49?,50+,52?,53-,54+,55+,56+,57-,58-,59+,60+,61-,63?,64?,65+,66+/m0/s1. The van der Waals surface area contributed by atoms with Crippen molar-refractivity contribution in [2.45, 2.75) is 251 Å². The third-order valence-electron chi connectivity index (χ3n) is 18.6. The summed E-state index contributed by atoms with van der Waals surface area (Å²) >= 11 is 0. The molecule has 6 heterocycles. The lowest BCUT2D eigenvalue weighted by molar-refractivity contribution is -0.368. The van der Waals surface area contributed by atoms with E-state index in [0.717, 1.165) is 32.4 Å². The molecule has 5 saturated heterocycles. The molecule has 2 bridgehead atoms. The number of carbonyl (C=O) groups is 2. The number of allylic oxidation sites excluding steroid dienone is 12. The van der Waals surface area contributed by atoms with Crippen LogP contribution in [0.1, 0.15) is 98.3 Å². The average Bonchev–Trinajstić information content (AvgIpc) is 0.789. The molecule has 4 unspecified atom stereocenters. The van der Waals surface area contributed by atoms with Crippen molar-refractivity contribution >= 4 is 11.9 Å². The highest BCUT2D eigenvalue weighted by Gasteiger charge is 2.55. The highest BCUT2D eigenvalue weighted by Crippen LogP contribution is 2.39. The highest BCUT2D eigenvalue weighted by molar-refractivity contribution is 5.80. The van der Waals surface area contributed by atoms with Crippen molar-refractivity contribution in [3.8, 4) is 0 Å². The summed E-state index contributed by atoms with van der Waals surface area (Å²) in [6.45, 7) is 6.68. The van der Waals surface area contributed by atoms with Crippen molar-refractivity contribution in [2.24, 2.45) is 17.8 Å². The maximum absolute atomic E-state index is 14.4. The van der Waals surface area contributed by atoms with Gasteiger partial charge in [-0.05, 0) is 59.0 Å². The molecule has 1 amide bonds. The van der Waals surface area contributed by atoms with E-state index in [-0.39, 0.29) is 38.1 Å². The van der Waals surface area contributed by atoms with Crippen LogP contribution in [0.3, 0.4) is 0 Å². The number of amides is 1. The molecular formula is C66H107N3O26. The lowest BCUT2D eigenvalue weighted by Crippen LogP contribution is -2.70. The molecule has 6 aliphatic rings. The molecule has 6 aliphatic heterocycles. The Morgan fingerprint density at radius 1 is 0.621 bits per heavy atom. The predicted octanol–water partition coefficient (Wildman–Crippen LogP) is -3.51. The fourth-order valence-electron chi connectivity index (χ4n) is 12.6. The molecule has 29 heteroatoms. The van der Waals surface area contributed by atoms with Crippen molar-refractivity contribution in [3.63, 3.8) is 0 Å². The van der Waals surface area contributed by atoms with Gasteiger partial charge in [0.2, 0.25) is 11.7 Å². The van der Waals surface area contributed by atoms with Crippen LogP contribution in [0.2, 0.25) is 0 Å². The largest absolute Gasteiger partial charge is 0.462 e. The topological polar surface area (TPSA) is 470 Å². The van der Waals surface area contributed by atoms with E-state index in [9.17, 15) is 96.4 Å². The van der Waals surface area contributed by atoms with E-state index in [2.05, 4.69) is 15.5 Å². The number of rotatable bonds is 12. The third kappa shape index (κ3) is 23.9. The van der Waals surface area contributed by atoms with Gasteiger partial charge in [-0.15, -0.1) is 0 Å². The monoisotopic (exact) mass is 1360 g/mol. The van der Waals surface area contributed by atoms with E-state index < -0.39 is 221 Å². The van der Waals surface area contributed by atoms with Crippen molar-refractivity contribution in [2.75, 3.05) is 45.9 Å². The first-order valence-electron chi connectivity index (χ1n) is 33.2. The van der Waals surface area contributed by atoms with Gasteiger partial charge in [-0.1, -0.05) is 105 Å². The van der Waals surface area contributed by atoms with Crippen LogP contribution in [0, 0.1) is 17.8 Å². The first kappa shape index (κ1) is 80.1. The van der Waals surface area contributed by atoms with Gasteiger partial charge in [-0.2, -0.15) is 0 Å². The number of nitrogens with one attached hydrogen (secondary N) is 2. The van der Waals surface area contributed by atoms with Crippen LogP contribution >= 0.6 is 0 Å². The van der Waals surface area contributed by atoms with Gasteiger partial charge < -0.3 is 136 Å². The Balaban J connectivity index is 1.26. The number of piperidine rings is 1. The fourth-order valence-corrected chi connectivity index (χ4v) is 12.6. The van der Waals surface area contributed by atoms with E-state index in [4.69, 9.17) is 33.2 Å². The van der Waals surface area contributed by atoms with Crippen LogP contribution < -0.4 is 10.6 Å². The van der Waals surface area contributed by atoms with Gasteiger partial charge in [0, 0.05) is 50.6 Å². The second kappa shape index (κ2) is 38.6. The molecule has 0 saturated carbocycles. The lowest BCUT2D eigenvalue weighted by atomic mass is 9.82. The maximum Gasteiger partial charge on any atom is 0.308 e. The zero-order valence-corrected chi connectivity index (χ0v) is 54.5. The number of likely N-dealkylation sites (tertiary alicyclic amines) is 1. The summed E-state index contributed by atoms with van der Waals surface area (Å²) in [4.78, 5) is 29.4. The number of ether oxygens (including phenoxy) is 7. The summed E-state index contributed by atoms with van der Waals surface area (Å²) in [6, 6.07) is -1.46. The molecule has 0 spiro atoms. The minimum absolute atomic E-state index is 0.149. The van der Waals surface area contributed by atoms with Crippen LogP contribution in [-0.2, 0) is 42.7 Å². The van der Waals surface area contributed by atoms with Gasteiger partial charge in [0.15, 0.2) is 18.4 Å². The van der Waals surface area contributed by atoms with Crippen LogP contribution in [0.15, 0.2) is 85.1 Å². The van der Waals surface area contributed by atoms with Gasteiger partial charge in [-0.3, -0.25) is 9.59 Å². The second-order valence-electron chi connectivity index (χ2n) is 26.2. The highest BCUT2D eigenvalue weighted by atomic mass is 16.7. The number of nitrogens with zero attached hydrogens (tertiary/aromatic N) is 1. The fraction of sp³-hybridized carbons (Fsp3) is 0.758. The quantitative estimate of drug-likeness (QED) is 0.0843. The first-order valence-corrected chi connectivity index (χ1v) is 33.2. The van der Waals surface area contributed by atoms with Gasteiger partial charge in [0.05, 0.1) is 105 Å². The summed E-state index contributed by atoms with van der Waals surface area (Å²) in [5.41, 5.74) is 0. The SMILES string of the molecule is C[C@@H]1[C@H](O)[C@@H](C)C=CC=CC=CC=CC=CC=CC=C[C@H](OC2O[C@H](C)[C@@H](O)[C@H](NC[C@@]3(O)OC[C@@H](O)[C@@H](OC4O[C@H](CO)[C@@H](O)[C@H](O)[C@H]4O)[C@@H]3O)[C@@H]2O)CC2O[C@](O)(C[C@@H](O)C[C@@H](O)[C@H](O)CC[C@@H](O)C[C@@H](O)CC(=O)O[C@H]1C)C[C@H](O)C2C(=O)NCCN1CCCCC1. The Morgan fingerprint density at radius 2 is 1.24 bits per heavy atom. The van der Waals surface area contributed by atoms with E-state index in [0.29, 0.717) is 6.54 Å². The smallest absolute Gasteiger partial charge is 0.308 e. The Bertz CT molecular complexity index is 2520. The minimum atomic E-state index is -2.67. The van der Waals surface area contributed by atoms with Crippen molar-refractivity contribution in [1.29, 1.82) is 0 Å². The molecule has 28 atom stereocenters. The zero-order valence-electron chi connectivity index (χ0n) is 54.5. The van der Waals surface area contributed by atoms with E-state index in [1.807, 2.05) is 6.92 Å². The summed E-state index contributed by atoms with van der Waals surface area (Å²) in [7, 11) is 0. The first-order chi connectivity index (χ1) is 45.0. The van der Waals surface area contributed by atoms with Gasteiger partial charge in [0.1, 0.15) is 54.9 Å². The van der Waals surface area contributed by atoms with Crippen LogP contribution in [0.5, 0.6) is 0 Å². The number of fused-ring (bicyclic) bond motifs is 2. The molecule has 0 aromatic heterocycles. The van der Waals surface area contributed by atoms with Gasteiger partial charge in [0.25, 0.3) is 0 Å². The van der Waals surface area contributed by atoms with E-state index in [1.165, 1.54) is 13.0 Å². The summed E-state index contributed by atoms with van der Waals surface area (Å²) in [5, 5.41) is 194. The second-order valence-corrected chi connectivity index (χ2v) is 26.2. The van der Waals surface area contributed by atoms with Gasteiger partial charge in [-0.25, -0.2) is 0 Å². The van der Waals surface area contributed by atoms with Gasteiger partial charge >= 0.3 is 5.97 Å². The normalized spacial score (nSPS) is 43.5. The van der Waals surface area contributed by atoms with Crippen molar-refractivity contribution < 1.29 is 130 Å². The predicted molar refractivity (Wildman–Crippen MR) is 338 cm³/mol. The minimum Gasteiger partial charge on any atom is -0.462 e. The van der Waals surface area contributed by atoms with Crippen LogP contribution in [-0.4, -0.2) is 302 Å². The molecule has 5 fully saturated rings. The number of hydrogen-bond donors (Lipinski definition) is 19. The zero-order chi connectivity index (χ0) is 69.7. The molecule has 95 heavy (non-hydrogen) atoms. The van der Waals surface area contributed by atoms with E-state index in [1.54, 1.807) is 92.8 Å². The Labute approximate surface area is 554 Å². The number of carbonyl (C=O) groups excluding carboxylic acids is 2. The summed E-state index contributed by atoms with van der Waals surface area (Å²) in [5.74, 6) is -8.70. The maximum atomic E-state index is 14.4. The Hall–Kier alpha value is -3.88. The molecular weight excluding hydrogens is 1250 g/mol. The third-order valence-corrected chi connectivity index (χ3v) is 18.6. The molecule has 0 aliphatic carbocycles. The molecule has 542 valence electrons. The Kier molecular flexibility index (Phi) is 32.6. The van der Waals surface area contributed by atoms with Crippen molar-refractivity contribution in [1.82, 2.24) is 15.5 Å². The Morgan fingerprint density at radius 3 is 1.88 bits per heavy atom. The average molecular weight is 1360 g/mol. The molecule has 6 rings (SSSR count). The molecule has 29 nitrogen and oxygen atoms in total. The summed E-state index contributed by atoms with van der Waals surface area (Å²) < 4.78 is 40.9. The number of esters is 1. The lowest BCUT2D eigenvalue weighted by Gasteiger charge is -2.48. The van der Waals surface area contributed by atoms with Crippen molar-refractivity contribution in [3.05, 3.63) is 85.1 Å². The molecule has 0 aromatic rings. The molecule has 0 radical (unpaired) electrons. The summed E-state index contributed by atoms with van der Waals surface area (Å²) in [6.07, 6.45) is -10.3.